The second-order valence-corrected chi connectivity index (χ2v) is 4.10. The molecule has 1 aromatic rings. The first-order valence-corrected chi connectivity index (χ1v) is 5.58. The summed E-state index contributed by atoms with van der Waals surface area (Å²) in [7, 11) is 0. The molecular formula is C9H12N4O3S. The monoisotopic (exact) mass is 256 g/mol. The van der Waals surface area contributed by atoms with Gasteiger partial charge in [-0.25, -0.2) is 4.79 Å². The normalized spacial score (nSPS) is 11.4. The van der Waals surface area contributed by atoms with Crippen LogP contribution in [0.4, 0.5) is 4.79 Å². The van der Waals surface area contributed by atoms with Gasteiger partial charge in [0.05, 0.1) is 4.88 Å². The second-order valence-electron chi connectivity index (χ2n) is 3.15. The molecule has 0 aromatic carbocycles. The topological polar surface area (TPSA) is 113 Å². The van der Waals surface area contributed by atoms with E-state index >= 15 is 0 Å². The number of hydrogen-bond acceptors (Lipinski definition) is 4. The molecule has 0 aliphatic carbocycles. The number of hydrazine groups is 1. The van der Waals surface area contributed by atoms with Gasteiger partial charge in [0.1, 0.15) is 6.04 Å². The average Bonchev–Trinajstić information content (AvgIpc) is 2.77. The van der Waals surface area contributed by atoms with E-state index in [1.54, 1.807) is 17.5 Å². The summed E-state index contributed by atoms with van der Waals surface area (Å²) in [6, 6.07) is 1.71. The van der Waals surface area contributed by atoms with Gasteiger partial charge < -0.3 is 11.1 Å². The molecule has 0 saturated carbocycles. The smallest absolute Gasteiger partial charge is 0.312 e. The molecule has 0 radical (unpaired) electrons. The van der Waals surface area contributed by atoms with Gasteiger partial charge in [0.15, 0.2) is 0 Å². The fourth-order valence-corrected chi connectivity index (χ4v) is 1.59. The highest BCUT2D eigenvalue weighted by Gasteiger charge is 2.15. The SMILES string of the molecule is CC(NC(N)=O)C(=O)NNC(=O)c1cccs1. The maximum atomic E-state index is 11.4. The third-order valence-electron chi connectivity index (χ3n) is 1.80. The van der Waals surface area contributed by atoms with E-state index in [9.17, 15) is 14.4 Å². The Morgan fingerprint density at radius 2 is 2.06 bits per heavy atom. The molecule has 92 valence electrons. The highest BCUT2D eigenvalue weighted by atomic mass is 32.1. The van der Waals surface area contributed by atoms with Gasteiger partial charge >= 0.3 is 6.03 Å². The summed E-state index contributed by atoms with van der Waals surface area (Å²) in [4.78, 5) is 33.7. The maximum absolute atomic E-state index is 11.4. The molecule has 1 atom stereocenters. The number of primary amides is 1. The van der Waals surface area contributed by atoms with Gasteiger partial charge in [0.2, 0.25) is 0 Å². The molecule has 7 nitrogen and oxygen atoms in total. The Labute approximate surface area is 101 Å². The molecule has 1 aromatic heterocycles. The van der Waals surface area contributed by atoms with Crippen molar-refractivity contribution in [2.45, 2.75) is 13.0 Å². The number of amides is 4. The molecule has 0 bridgehead atoms. The van der Waals surface area contributed by atoms with Crippen LogP contribution in [-0.4, -0.2) is 23.9 Å². The first-order chi connectivity index (χ1) is 8.00. The van der Waals surface area contributed by atoms with Gasteiger partial charge in [0, 0.05) is 0 Å². The highest BCUT2D eigenvalue weighted by molar-refractivity contribution is 7.12. The Morgan fingerprint density at radius 3 is 2.59 bits per heavy atom. The van der Waals surface area contributed by atoms with E-state index in [1.165, 1.54) is 18.3 Å². The molecular weight excluding hydrogens is 244 g/mol. The number of hydrogen-bond donors (Lipinski definition) is 4. The van der Waals surface area contributed by atoms with Crippen molar-refractivity contribution in [3.8, 4) is 0 Å². The lowest BCUT2D eigenvalue weighted by atomic mass is 10.3. The van der Waals surface area contributed by atoms with Crippen LogP contribution in [0.15, 0.2) is 17.5 Å². The number of nitrogens with one attached hydrogen (secondary N) is 3. The standard InChI is InChI=1S/C9H12N4O3S/c1-5(11-9(10)16)7(14)12-13-8(15)6-3-2-4-17-6/h2-5H,1H3,(H,12,14)(H,13,15)(H3,10,11,16). The van der Waals surface area contributed by atoms with Crippen LogP contribution in [-0.2, 0) is 4.79 Å². The largest absolute Gasteiger partial charge is 0.352 e. The van der Waals surface area contributed by atoms with Crippen molar-refractivity contribution in [2.75, 3.05) is 0 Å². The first-order valence-electron chi connectivity index (χ1n) is 4.70. The van der Waals surface area contributed by atoms with Crippen molar-refractivity contribution in [1.29, 1.82) is 0 Å². The van der Waals surface area contributed by atoms with E-state index in [2.05, 4.69) is 16.2 Å². The van der Waals surface area contributed by atoms with Crippen LogP contribution in [0, 0.1) is 0 Å². The van der Waals surface area contributed by atoms with E-state index in [0.29, 0.717) is 4.88 Å². The summed E-state index contributed by atoms with van der Waals surface area (Å²) in [6.07, 6.45) is 0. The Kier molecular flexibility index (Phi) is 4.46. The van der Waals surface area contributed by atoms with Crippen molar-refractivity contribution >= 4 is 29.2 Å². The predicted molar refractivity (Wildman–Crippen MR) is 62.1 cm³/mol. The van der Waals surface area contributed by atoms with E-state index < -0.39 is 23.9 Å². The Morgan fingerprint density at radius 1 is 1.35 bits per heavy atom. The van der Waals surface area contributed by atoms with E-state index in [0.717, 1.165) is 0 Å². The molecule has 0 fully saturated rings. The number of urea groups is 1. The summed E-state index contributed by atoms with van der Waals surface area (Å²) in [6.45, 7) is 1.44. The van der Waals surface area contributed by atoms with Gasteiger partial charge in [-0.3, -0.25) is 20.4 Å². The Hall–Kier alpha value is -2.09. The van der Waals surface area contributed by atoms with Gasteiger partial charge in [0.25, 0.3) is 11.8 Å². The van der Waals surface area contributed by atoms with Crippen LogP contribution in [0.25, 0.3) is 0 Å². The van der Waals surface area contributed by atoms with Crippen LogP contribution in [0.5, 0.6) is 0 Å². The Balaban J connectivity index is 2.38. The third kappa shape index (κ3) is 4.11. The fourth-order valence-electron chi connectivity index (χ4n) is 0.975. The van der Waals surface area contributed by atoms with Crippen LogP contribution in [0.1, 0.15) is 16.6 Å². The minimum Gasteiger partial charge on any atom is -0.352 e. The zero-order valence-corrected chi connectivity index (χ0v) is 9.84. The van der Waals surface area contributed by atoms with E-state index in [1.807, 2.05) is 0 Å². The molecule has 8 heteroatoms. The van der Waals surface area contributed by atoms with Crippen molar-refractivity contribution in [3.63, 3.8) is 0 Å². The lowest BCUT2D eigenvalue weighted by Gasteiger charge is -2.12. The summed E-state index contributed by atoms with van der Waals surface area (Å²) in [5, 5.41) is 3.92. The summed E-state index contributed by atoms with van der Waals surface area (Å²) < 4.78 is 0. The van der Waals surface area contributed by atoms with Gasteiger partial charge in [-0.15, -0.1) is 11.3 Å². The van der Waals surface area contributed by atoms with Crippen LogP contribution in [0.2, 0.25) is 0 Å². The summed E-state index contributed by atoms with van der Waals surface area (Å²) in [5.74, 6) is -0.978. The average molecular weight is 256 g/mol. The van der Waals surface area contributed by atoms with Gasteiger partial charge in [-0.05, 0) is 18.4 Å². The van der Waals surface area contributed by atoms with Crippen LogP contribution in [0.3, 0.4) is 0 Å². The lowest BCUT2D eigenvalue weighted by Crippen LogP contribution is -2.51. The van der Waals surface area contributed by atoms with Crippen LogP contribution >= 0.6 is 11.3 Å². The molecule has 1 rings (SSSR count). The summed E-state index contributed by atoms with van der Waals surface area (Å²) >= 11 is 1.25. The van der Waals surface area contributed by atoms with Gasteiger partial charge in [-0.1, -0.05) is 6.07 Å². The second kappa shape index (κ2) is 5.85. The molecule has 1 unspecified atom stereocenters. The van der Waals surface area contributed by atoms with E-state index in [4.69, 9.17) is 5.73 Å². The third-order valence-corrected chi connectivity index (χ3v) is 2.66. The quantitative estimate of drug-likeness (QED) is 0.550. The fraction of sp³-hybridized carbons (Fsp3) is 0.222. The minimum absolute atomic E-state index is 0.417. The number of carbonyl (C=O) groups is 3. The van der Waals surface area contributed by atoms with Crippen molar-refractivity contribution in [3.05, 3.63) is 22.4 Å². The summed E-state index contributed by atoms with van der Waals surface area (Å²) in [5.41, 5.74) is 9.24. The van der Waals surface area contributed by atoms with Crippen molar-refractivity contribution in [1.82, 2.24) is 16.2 Å². The minimum atomic E-state index is -0.823. The number of thiophene rings is 1. The van der Waals surface area contributed by atoms with Crippen molar-refractivity contribution < 1.29 is 14.4 Å². The number of carbonyl (C=O) groups excluding carboxylic acids is 3. The lowest BCUT2D eigenvalue weighted by molar-refractivity contribution is -0.123. The van der Waals surface area contributed by atoms with Crippen LogP contribution < -0.4 is 21.9 Å². The molecule has 0 spiro atoms. The number of rotatable bonds is 3. The molecule has 0 aliphatic rings. The predicted octanol–water partition coefficient (Wildman–Crippen LogP) is -0.434. The van der Waals surface area contributed by atoms with Gasteiger partial charge in [-0.2, -0.15) is 0 Å². The Bertz CT molecular complexity index is 418. The first kappa shape index (κ1) is 13.0. The molecule has 1 heterocycles. The highest BCUT2D eigenvalue weighted by Crippen LogP contribution is 2.06. The number of nitrogens with two attached hydrogens (primary N) is 1. The van der Waals surface area contributed by atoms with Crippen molar-refractivity contribution in [2.24, 2.45) is 5.73 Å². The molecule has 5 N–H and O–H groups in total. The molecule has 17 heavy (non-hydrogen) atoms. The maximum Gasteiger partial charge on any atom is 0.312 e. The molecule has 4 amide bonds. The molecule has 0 saturated heterocycles. The molecule has 0 aliphatic heterocycles. The zero-order chi connectivity index (χ0) is 12.8. The zero-order valence-electron chi connectivity index (χ0n) is 9.02. The van der Waals surface area contributed by atoms with E-state index in [-0.39, 0.29) is 0 Å².